The molecular formula is C30H30N2O5. The van der Waals surface area contributed by atoms with Crippen LogP contribution in [0.1, 0.15) is 41.3 Å². The molecule has 0 bridgehead atoms. The first-order valence-electron chi connectivity index (χ1n) is 12.4. The molecule has 0 aliphatic heterocycles. The smallest absolute Gasteiger partial charge is 0.303 e. The van der Waals surface area contributed by atoms with Gasteiger partial charge in [0.15, 0.2) is 0 Å². The molecular weight excluding hydrogens is 468 g/mol. The van der Waals surface area contributed by atoms with Crippen LogP contribution in [0, 0.1) is 6.92 Å². The Morgan fingerprint density at radius 1 is 1.11 bits per heavy atom. The zero-order chi connectivity index (χ0) is 25.9. The highest BCUT2D eigenvalue weighted by atomic mass is 16.5. The highest BCUT2D eigenvalue weighted by Gasteiger charge is 2.25. The number of benzene rings is 3. The highest BCUT2D eigenvalue weighted by Crippen LogP contribution is 2.38. The summed E-state index contributed by atoms with van der Waals surface area (Å²) in [4.78, 5) is 15.8. The monoisotopic (exact) mass is 498 g/mol. The van der Waals surface area contributed by atoms with E-state index in [1.165, 1.54) is 5.56 Å². The summed E-state index contributed by atoms with van der Waals surface area (Å²) < 4.78 is 17.6. The molecule has 0 radical (unpaired) electrons. The van der Waals surface area contributed by atoms with E-state index in [9.17, 15) is 4.79 Å². The lowest BCUT2D eigenvalue weighted by atomic mass is 9.98. The molecule has 0 fully saturated rings. The van der Waals surface area contributed by atoms with Crippen molar-refractivity contribution >= 4 is 11.7 Å². The number of hydrogen-bond donors (Lipinski definition) is 2. The predicted molar refractivity (Wildman–Crippen MR) is 142 cm³/mol. The lowest BCUT2D eigenvalue weighted by molar-refractivity contribution is -0.137. The van der Waals surface area contributed by atoms with Crippen LogP contribution in [0.25, 0.3) is 22.6 Å². The van der Waals surface area contributed by atoms with Gasteiger partial charge in [0.1, 0.15) is 17.3 Å². The fourth-order valence-corrected chi connectivity index (χ4v) is 4.97. The van der Waals surface area contributed by atoms with Crippen LogP contribution in [-0.2, 0) is 17.6 Å². The summed E-state index contributed by atoms with van der Waals surface area (Å²) in [5.41, 5.74) is 12.5. The topological polar surface area (TPSA) is 108 Å². The van der Waals surface area contributed by atoms with E-state index in [0.29, 0.717) is 24.6 Å². The first-order valence-corrected chi connectivity index (χ1v) is 12.4. The van der Waals surface area contributed by atoms with Crippen molar-refractivity contribution in [3.8, 4) is 34.1 Å². The molecule has 3 aromatic carbocycles. The minimum Gasteiger partial charge on any atom is -0.496 e. The third-order valence-electron chi connectivity index (χ3n) is 6.91. The van der Waals surface area contributed by atoms with Crippen molar-refractivity contribution in [3.63, 3.8) is 0 Å². The third-order valence-corrected chi connectivity index (χ3v) is 6.91. The van der Waals surface area contributed by atoms with Crippen molar-refractivity contribution in [2.24, 2.45) is 0 Å². The second kappa shape index (κ2) is 10.4. The second-order valence-electron chi connectivity index (χ2n) is 9.35. The third kappa shape index (κ3) is 5.31. The number of aliphatic carboxylic acids is 1. The van der Waals surface area contributed by atoms with E-state index in [2.05, 4.69) is 0 Å². The maximum absolute atomic E-state index is 11.1. The number of nitrogens with two attached hydrogens (primary N) is 1. The van der Waals surface area contributed by atoms with Crippen LogP contribution < -0.4 is 15.2 Å². The Bertz CT molecular complexity index is 1420. The maximum atomic E-state index is 11.1. The zero-order valence-electron chi connectivity index (χ0n) is 21.0. The Morgan fingerprint density at radius 2 is 1.89 bits per heavy atom. The molecule has 1 heterocycles. The fourth-order valence-electron chi connectivity index (χ4n) is 4.97. The molecule has 4 aromatic rings. The molecule has 3 N–H and O–H groups in total. The number of methoxy groups -OCH3 is 1. The van der Waals surface area contributed by atoms with E-state index in [-0.39, 0.29) is 12.3 Å². The summed E-state index contributed by atoms with van der Waals surface area (Å²) in [5.74, 6) is 2.20. The summed E-state index contributed by atoms with van der Waals surface area (Å²) in [7, 11) is 1.65. The van der Waals surface area contributed by atoms with Crippen LogP contribution in [0.3, 0.4) is 0 Å². The Balaban J connectivity index is 1.27. The second-order valence-corrected chi connectivity index (χ2v) is 9.35. The predicted octanol–water partition coefficient (Wildman–Crippen LogP) is 6.03. The van der Waals surface area contributed by atoms with Gasteiger partial charge in [-0.15, -0.1) is 0 Å². The van der Waals surface area contributed by atoms with Gasteiger partial charge < -0.3 is 24.7 Å². The van der Waals surface area contributed by atoms with Gasteiger partial charge in [0, 0.05) is 23.2 Å². The van der Waals surface area contributed by atoms with Crippen LogP contribution in [0.5, 0.6) is 11.5 Å². The molecule has 1 aliphatic rings. The van der Waals surface area contributed by atoms with Gasteiger partial charge in [-0.25, -0.2) is 4.98 Å². The lowest BCUT2D eigenvalue weighted by Crippen LogP contribution is -2.04. The van der Waals surface area contributed by atoms with Crippen LogP contribution in [-0.4, -0.2) is 29.8 Å². The van der Waals surface area contributed by atoms with Crippen molar-refractivity contribution < 1.29 is 23.8 Å². The Labute approximate surface area is 215 Å². The van der Waals surface area contributed by atoms with Gasteiger partial charge in [-0.1, -0.05) is 18.2 Å². The number of nitrogen functional groups attached to an aromatic ring is 1. The number of carboxylic acids is 1. The van der Waals surface area contributed by atoms with Crippen molar-refractivity contribution in [1.82, 2.24) is 4.98 Å². The van der Waals surface area contributed by atoms with E-state index < -0.39 is 5.97 Å². The molecule has 7 nitrogen and oxygen atoms in total. The van der Waals surface area contributed by atoms with Gasteiger partial charge in [-0.2, -0.15) is 0 Å². The van der Waals surface area contributed by atoms with E-state index in [4.69, 9.17) is 29.7 Å². The molecule has 1 aliphatic carbocycles. The summed E-state index contributed by atoms with van der Waals surface area (Å²) in [6, 6.07) is 19.5. The van der Waals surface area contributed by atoms with Gasteiger partial charge in [0.25, 0.3) is 0 Å². The molecule has 0 unspecified atom stereocenters. The minimum atomic E-state index is -0.753. The number of aryl methyl sites for hydroxylation is 2. The number of oxazole rings is 1. The van der Waals surface area contributed by atoms with E-state index >= 15 is 0 Å². The summed E-state index contributed by atoms with van der Waals surface area (Å²) >= 11 is 0. The highest BCUT2D eigenvalue weighted by molar-refractivity contribution is 5.76. The standard InChI is InChI=1S/C30H30N2O5/c1-18-27(13-14-36-24-10-11-25-20(15-24)3-4-21(25)17-29(33)34)32-30(37-18)22-7-12-28(35-2)26(16-22)19-5-8-23(31)9-6-19/h5-12,15-16,21H,3-4,13-14,17,31H2,1-2H3,(H,33,34)/t21-/m0/s1. The summed E-state index contributed by atoms with van der Waals surface area (Å²) in [5, 5.41) is 9.13. The molecule has 1 aromatic heterocycles. The van der Waals surface area contributed by atoms with Gasteiger partial charge >= 0.3 is 5.97 Å². The van der Waals surface area contributed by atoms with Crippen LogP contribution in [0.15, 0.2) is 65.1 Å². The van der Waals surface area contributed by atoms with Gasteiger partial charge in [0.05, 0.1) is 25.8 Å². The van der Waals surface area contributed by atoms with Crippen LogP contribution in [0.4, 0.5) is 5.69 Å². The normalized spacial score (nSPS) is 14.4. The number of carbonyl (C=O) groups is 1. The number of rotatable bonds is 9. The Kier molecular flexibility index (Phi) is 6.86. The molecule has 5 rings (SSSR count). The molecule has 7 heteroatoms. The molecule has 0 saturated carbocycles. The minimum absolute atomic E-state index is 0.0937. The van der Waals surface area contributed by atoms with Crippen molar-refractivity contribution in [3.05, 3.63) is 83.2 Å². The number of hydrogen-bond acceptors (Lipinski definition) is 6. The SMILES string of the molecule is COc1ccc(-c2nc(CCOc3ccc4c(c3)CC[C@H]4CC(=O)O)c(C)o2)cc1-c1ccc(N)cc1. The lowest BCUT2D eigenvalue weighted by Gasteiger charge is -2.10. The number of fused-ring (bicyclic) bond motifs is 1. The van der Waals surface area contributed by atoms with Gasteiger partial charge in [0.2, 0.25) is 5.89 Å². The number of anilines is 1. The Hall–Kier alpha value is -4.26. The molecule has 0 amide bonds. The number of ether oxygens (including phenoxy) is 2. The first-order chi connectivity index (χ1) is 17.9. The molecule has 37 heavy (non-hydrogen) atoms. The maximum Gasteiger partial charge on any atom is 0.303 e. The van der Waals surface area contributed by atoms with E-state index in [0.717, 1.165) is 58.0 Å². The number of carboxylic acid groups (broad SMARTS) is 1. The quantitative estimate of drug-likeness (QED) is 0.271. The van der Waals surface area contributed by atoms with Gasteiger partial charge in [-0.05, 0) is 84.8 Å². The molecule has 0 spiro atoms. The molecule has 1 atom stereocenters. The first kappa shape index (κ1) is 24.4. The number of nitrogens with zero attached hydrogens (tertiary/aromatic N) is 1. The largest absolute Gasteiger partial charge is 0.496 e. The molecule has 0 saturated heterocycles. The average Bonchev–Trinajstić information content (AvgIpc) is 3.46. The van der Waals surface area contributed by atoms with Crippen molar-refractivity contribution in [2.45, 2.75) is 38.5 Å². The molecule has 190 valence electrons. The van der Waals surface area contributed by atoms with Crippen molar-refractivity contribution in [2.75, 3.05) is 19.5 Å². The van der Waals surface area contributed by atoms with Crippen LogP contribution in [0.2, 0.25) is 0 Å². The van der Waals surface area contributed by atoms with E-state index in [1.54, 1.807) is 7.11 Å². The van der Waals surface area contributed by atoms with Crippen molar-refractivity contribution in [1.29, 1.82) is 0 Å². The Morgan fingerprint density at radius 3 is 2.65 bits per heavy atom. The zero-order valence-corrected chi connectivity index (χ0v) is 21.0. The van der Waals surface area contributed by atoms with Crippen LogP contribution >= 0.6 is 0 Å². The summed E-state index contributed by atoms with van der Waals surface area (Å²) in [6.07, 6.45) is 2.54. The van der Waals surface area contributed by atoms with Gasteiger partial charge in [-0.3, -0.25) is 4.79 Å². The fraction of sp³-hybridized carbons (Fsp3) is 0.267. The summed E-state index contributed by atoms with van der Waals surface area (Å²) in [6.45, 7) is 2.37. The van der Waals surface area contributed by atoms with E-state index in [1.807, 2.05) is 67.6 Å². The number of aromatic nitrogens is 1. The average molecular weight is 499 g/mol.